The van der Waals surface area contributed by atoms with Crippen molar-refractivity contribution in [2.75, 3.05) is 33.3 Å². The molecule has 1 aromatic carbocycles. The average molecular weight is 316 g/mol. The first-order valence-electron chi connectivity index (χ1n) is 8.95. The van der Waals surface area contributed by atoms with E-state index in [-0.39, 0.29) is 5.91 Å². The van der Waals surface area contributed by atoms with Gasteiger partial charge in [-0.1, -0.05) is 6.07 Å². The Hall–Kier alpha value is -1.55. The highest BCUT2D eigenvalue weighted by atomic mass is 16.5. The summed E-state index contributed by atoms with van der Waals surface area (Å²) in [6, 6.07) is 7.93. The highest BCUT2D eigenvalue weighted by Gasteiger charge is 2.28. The van der Waals surface area contributed by atoms with Crippen molar-refractivity contribution in [2.45, 2.75) is 44.6 Å². The number of ether oxygens (including phenoxy) is 1. The van der Waals surface area contributed by atoms with E-state index in [1.165, 1.54) is 32.4 Å². The van der Waals surface area contributed by atoms with Crippen molar-refractivity contribution in [1.29, 1.82) is 0 Å². The second-order valence-corrected chi connectivity index (χ2v) is 6.72. The Kier molecular flexibility index (Phi) is 5.55. The van der Waals surface area contributed by atoms with E-state index in [1.54, 1.807) is 7.11 Å². The lowest BCUT2D eigenvalue weighted by atomic mass is 9.98. The third-order valence-electron chi connectivity index (χ3n) is 5.18. The average Bonchev–Trinajstić information content (AvgIpc) is 3.13. The minimum absolute atomic E-state index is 0.162. The van der Waals surface area contributed by atoms with Gasteiger partial charge in [-0.15, -0.1) is 0 Å². The van der Waals surface area contributed by atoms with Gasteiger partial charge in [0.25, 0.3) is 5.91 Å². The number of carbonyl (C=O) groups excluding carboxylic acids is 1. The van der Waals surface area contributed by atoms with Crippen LogP contribution in [0.4, 0.5) is 0 Å². The summed E-state index contributed by atoms with van der Waals surface area (Å²) in [6.45, 7) is 4.49. The zero-order valence-electron chi connectivity index (χ0n) is 14.2. The van der Waals surface area contributed by atoms with Gasteiger partial charge in [-0.2, -0.15) is 0 Å². The molecule has 0 radical (unpaired) electrons. The summed E-state index contributed by atoms with van der Waals surface area (Å²) in [5.41, 5.74) is 0.748. The Bertz CT molecular complexity index is 526. The number of hydrogen-bond acceptors (Lipinski definition) is 3. The number of likely N-dealkylation sites (tertiary alicyclic amines) is 2. The molecule has 0 saturated carbocycles. The molecule has 4 nitrogen and oxygen atoms in total. The molecule has 0 aromatic heterocycles. The molecule has 0 spiro atoms. The van der Waals surface area contributed by atoms with E-state index in [9.17, 15) is 4.79 Å². The van der Waals surface area contributed by atoms with Crippen molar-refractivity contribution in [2.24, 2.45) is 0 Å². The Morgan fingerprint density at radius 1 is 1.17 bits per heavy atom. The molecule has 0 N–H and O–H groups in total. The maximum Gasteiger partial charge on any atom is 0.254 e. The molecule has 0 bridgehead atoms. The molecular weight excluding hydrogens is 288 g/mol. The Morgan fingerprint density at radius 2 is 1.96 bits per heavy atom. The highest BCUT2D eigenvalue weighted by molar-refractivity contribution is 5.94. The van der Waals surface area contributed by atoms with Gasteiger partial charge in [0.05, 0.1) is 7.11 Å². The maximum atomic E-state index is 12.9. The molecule has 3 rings (SSSR count). The highest BCUT2D eigenvalue weighted by Crippen LogP contribution is 2.24. The molecule has 126 valence electrons. The van der Waals surface area contributed by atoms with Gasteiger partial charge in [-0.3, -0.25) is 4.79 Å². The largest absolute Gasteiger partial charge is 0.497 e. The van der Waals surface area contributed by atoms with Gasteiger partial charge < -0.3 is 14.5 Å². The lowest BCUT2D eigenvalue weighted by molar-refractivity contribution is 0.0587. The number of benzene rings is 1. The summed E-state index contributed by atoms with van der Waals surface area (Å²) in [5, 5.41) is 0. The fourth-order valence-electron chi connectivity index (χ4n) is 3.83. The Labute approximate surface area is 139 Å². The van der Waals surface area contributed by atoms with Crippen LogP contribution in [0.1, 0.15) is 48.9 Å². The minimum Gasteiger partial charge on any atom is -0.497 e. The van der Waals surface area contributed by atoms with Crippen molar-refractivity contribution in [3.8, 4) is 5.75 Å². The fourth-order valence-corrected chi connectivity index (χ4v) is 3.83. The topological polar surface area (TPSA) is 32.8 Å². The van der Waals surface area contributed by atoms with Gasteiger partial charge in [0.1, 0.15) is 5.75 Å². The third-order valence-corrected chi connectivity index (χ3v) is 5.18. The van der Waals surface area contributed by atoms with Gasteiger partial charge >= 0.3 is 0 Å². The maximum absolute atomic E-state index is 12.9. The quantitative estimate of drug-likeness (QED) is 0.836. The van der Waals surface area contributed by atoms with E-state index in [1.807, 2.05) is 24.3 Å². The second-order valence-electron chi connectivity index (χ2n) is 6.72. The summed E-state index contributed by atoms with van der Waals surface area (Å²) < 4.78 is 5.26. The monoisotopic (exact) mass is 316 g/mol. The SMILES string of the molecule is COc1cccc(C(=O)N2CCCCC2CCN2CCCC2)c1. The lowest BCUT2D eigenvalue weighted by Gasteiger charge is -2.36. The van der Waals surface area contributed by atoms with Crippen molar-refractivity contribution in [3.63, 3.8) is 0 Å². The van der Waals surface area contributed by atoms with Gasteiger partial charge in [0, 0.05) is 24.7 Å². The zero-order valence-corrected chi connectivity index (χ0v) is 14.2. The van der Waals surface area contributed by atoms with Gasteiger partial charge in [0.2, 0.25) is 0 Å². The molecule has 1 aromatic rings. The van der Waals surface area contributed by atoms with Crippen LogP contribution >= 0.6 is 0 Å². The van der Waals surface area contributed by atoms with Crippen LogP contribution in [0.2, 0.25) is 0 Å². The predicted molar refractivity (Wildman–Crippen MR) is 92.0 cm³/mol. The minimum atomic E-state index is 0.162. The first kappa shape index (κ1) is 16.3. The van der Waals surface area contributed by atoms with Crippen LogP contribution < -0.4 is 4.74 Å². The first-order chi connectivity index (χ1) is 11.3. The van der Waals surface area contributed by atoms with E-state index in [4.69, 9.17) is 4.74 Å². The zero-order chi connectivity index (χ0) is 16.1. The van der Waals surface area contributed by atoms with E-state index < -0.39 is 0 Å². The predicted octanol–water partition coefficient (Wildman–Crippen LogP) is 3.18. The van der Waals surface area contributed by atoms with Gasteiger partial charge in [-0.05, 0) is 69.8 Å². The Balaban J connectivity index is 1.65. The molecule has 2 fully saturated rings. The van der Waals surface area contributed by atoms with Crippen molar-refractivity contribution in [3.05, 3.63) is 29.8 Å². The Morgan fingerprint density at radius 3 is 2.74 bits per heavy atom. The lowest BCUT2D eigenvalue weighted by Crippen LogP contribution is -2.45. The van der Waals surface area contributed by atoms with Crippen LogP contribution in [0.5, 0.6) is 5.75 Å². The summed E-state index contributed by atoms with van der Waals surface area (Å²) in [6.07, 6.45) is 7.27. The number of rotatable bonds is 5. The molecule has 2 aliphatic rings. The molecule has 0 aliphatic carbocycles. The van der Waals surface area contributed by atoms with Crippen LogP contribution in [0, 0.1) is 0 Å². The summed E-state index contributed by atoms with van der Waals surface area (Å²) in [7, 11) is 1.64. The fraction of sp³-hybridized carbons (Fsp3) is 0.632. The normalized spacial score (nSPS) is 22.3. The first-order valence-corrected chi connectivity index (χ1v) is 8.95. The number of piperidine rings is 1. The molecular formula is C19H28N2O2. The van der Waals surface area contributed by atoms with Gasteiger partial charge in [0.15, 0.2) is 0 Å². The molecule has 2 heterocycles. The molecule has 1 atom stereocenters. The van der Waals surface area contributed by atoms with Crippen molar-refractivity contribution >= 4 is 5.91 Å². The summed E-state index contributed by atoms with van der Waals surface area (Å²) >= 11 is 0. The number of hydrogen-bond donors (Lipinski definition) is 0. The van der Waals surface area contributed by atoms with Crippen LogP contribution in [0.25, 0.3) is 0 Å². The van der Waals surface area contributed by atoms with E-state index in [0.29, 0.717) is 6.04 Å². The van der Waals surface area contributed by atoms with E-state index in [2.05, 4.69) is 9.80 Å². The van der Waals surface area contributed by atoms with Crippen LogP contribution in [0.3, 0.4) is 0 Å². The number of nitrogens with zero attached hydrogens (tertiary/aromatic N) is 2. The molecule has 1 unspecified atom stereocenters. The summed E-state index contributed by atoms with van der Waals surface area (Å²) in [5.74, 6) is 0.913. The third kappa shape index (κ3) is 4.05. The molecule has 2 saturated heterocycles. The van der Waals surface area contributed by atoms with Crippen molar-refractivity contribution < 1.29 is 9.53 Å². The van der Waals surface area contributed by atoms with Crippen LogP contribution in [0.15, 0.2) is 24.3 Å². The van der Waals surface area contributed by atoms with Gasteiger partial charge in [-0.25, -0.2) is 0 Å². The number of amides is 1. The van der Waals surface area contributed by atoms with E-state index >= 15 is 0 Å². The van der Waals surface area contributed by atoms with Crippen LogP contribution in [-0.2, 0) is 0 Å². The second kappa shape index (κ2) is 7.82. The molecule has 23 heavy (non-hydrogen) atoms. The molecule has 1 amide bonds. The standard InChI is InChI=1S/C19H28N2O2/c1-23-18-9-6-7-16(15-18)19(22)21-13-3-2-8-17(21)10-14-20-11-4-5-12-20/h6-7,9,15,17H,2-5,8,10-14H2,1H3. The number of carbonyl (C=O) groups is 1. The summed E-state index contributed by atoms with van der Waals surface area (Å²) in [4.78, 5) is 17.6. The van der Waals surface area contributed by atoms with Crippen molar-refractivity contribution in [1.82, 2.24) is 9.80 Å². The number of methoxy groups -OCH3 is 1. The molecule has 4 heteroatoms. The van der Waals surface area contributed by atoms with Crippen LogP contribution in [-0.4, -0.2) is 55.0 Å². The van der Waals surface area contributed by atoms with E-state index in [0.717, 1.165) is 43.7 Å². The molecule has 2 aliphatic heterocycles. The smallest absolute Gasteiger partial charge is 0.254 e.